The molecule has 0 bridgehead atoms. The number of carbonyl (C=O) groups excluding carboxylic acids is 1. The molecular weight excluding hydrogens is 166 g/mol. The molecule has 0 spiro atoms. The minimum atomic E-state index is -0.248. The summed E-state index contributed by atoms with van der Waals surface area (Å²) < 4.78 is 0. The van der Waals surface area contributed by atoms with E-state index in [0.29, 0.717) is 18.5 Å². The van der Waals surface area contributed by atoms with Gasteiger partial charge in [0, 0.05) is 24.5 Å². The number of nitrogens with two attached hydrogens (primary N) is 2. The predicted octanol–water partition coefficient (Wildman–Crippen LogP) is -0.280. The van der Waals surface area contributed by atoms with Crippen molar-refractivity contribution in [2.45, 2.75) is 50.7 Å². The molecule has 0 aromatic heterocycles. The van der Waals surface area contributed by atoms with Gasteiger partial charge in [-0.05, 0) is 26.2 Å². The van der Waals surface area contributed by atoms with Crippen LogP contribution in [0.25, 0.3) is 0 Å². The van der Waals surface area contributed by atoms with Gasteiger partial charge in [-0.1, -0.05) is 0 Å². The van der Waals surface area contributed by atoms with Crippen molar-refractivity contribution in [3.8, 4) is 0 Å². The quantitative estimate of drug-likeness (QED) is 0.563. The van der Waals surface area contributed by atoms with E-state index in [1.807, 2.05) is 6.92 Å². The zero-order valence-electron chi connectivity index (χ0n) is 8.12. The lowest BCUT2D eigenvalue weighted by atomic mass is 10.1. The van der Waals surface area contributed by atoms with Crippen molar-refractivity contribution >= 4 is 5.91 Å². The van der Waals surface area contributed by atoms with E-state index in [9.17, 15) is 4.79 Å². The molecule has 76 valence electrons. The highest BCUT2D eigenvalue weighted by molar-refractivity contribution is 5.74. The van der Waals surface area contributed by atoms with Gasteiger partial charge in [-0.3, -0.25) is 4.79 Å². The highest BCUT2D eigenvalue weighted by atomic mass is 16.1. The number of rotatable bonds is 4. The molecule has 3 unspecified atom stereocenters. The zero-order valence-corrected chi connectivity index (χ0v) is 8.12. The molecule has 1 aliphatic rings. The Bertz CT molecular complexity index is 184. The molecule has 0 aromatic rings. The van der Waals surface area contributed by atoms with Crippen LogP contribution in [0.5, 0.6) is 0 Å². The molecule has 4 nitrogen and oxygen atoms in total. The van der Waals surface area contributed by atoms with E-state index in [4.69, 9.17) is 11.5 Å². The first-order valence-electron chi connectivity index (χ1n) is 4.88. The molecule has 4 heteroatoms. The van der Waals surface area contributed by atoms with Crippen LogP contribution in [0.2, 0.25) is 0 Å². The molecule has 0 saturated heterocycles. The Morgan fingerprint density at radius 1 is 1.62 bits per heavy atom. The molecule has 3 atom stereocenters. The molecule has 1 rings (SSSR count). The summed E-state index contributed by atoms with van der Waals surface area (Å²) in [5, 5.41) is 3.36. The minimum Gasteiger partial charge on any atom is -0.370 e. The zero-order chi connectivity index (χ0) is 9.84. The van der Waals surface area contributed by atoms with E-state index in [1.165, 1.54) is 0 Å². The van der Waals surface area contributed by atoms with E-state index in [2.05, 4.69) is 5.32 Å². The van der Waals surface area contributed by atoms with Gasteiger partial charge < -0.3 is 16.8 Å². The fourth-order valence-electron chi connectivity index (χ4n) is 1.93. The first-order chi connectivity index (χ1) is 6.08. The predicted molar refractivity (Wildman–Crippen MR) is 52.0 cm³/mol. The van der Waals surface area contributed by atoms with Gasteiger partial charge >= 0.3 is 0 Å². The average molecular weight is 185 g/mol. The standard InChI is InChI=1S/C9H19N3O/c1-6(4-9(11)13)12-8-3-2-7(10)5-8/h6-8,12H,2-5,10H2,1H3,(H2,11,13). The molecular formula is C9H19N3O. The Balaban J connectivity index is 2.20. The maximum atomic E-state index is 10.6. The van der Waals surface area contributed by atoms with Crippen LogP contribution in [-0.4, -0.2) is 24.0 Å². The monoisotopic (exact) mass is 185 g/mol. The van der Waals surface area contributed by atoms with Crippen LogP contribution in [0.1, 0.15) is 32.6 Å². The molecule has 0 heterocycles. The van der Waals surface area contributed by atoms with Crippen LogP contribution in [-0.2, 0) is 4.79 Å². The molecule has 1 saturated carbocycles. The van der Waals surface area contributed by atoms with Crippen molar-refractivity contribution in [1.29, 1.82) is 0 Å². The molecule has 1 aliphatic carbocycles. The summed E-state index contributed by atoms with van der Waals surface area (Å²) >= 11 is 0. The van der Waals surface area contributed by atoms with Crippen LogP contribution < -0.4 is 16.8 Å². The smallest absolute Gasteiger partial charge is 0.218 e. The summed E-state index contributed by atoms with van der Waals surface area (Å²) in [6, 6.07) is 0.982. The largest absolute Gasteiger partial charge is 0.370 e. The number of primary amides is 1. The summed E-state index contributed by atoms with van der Waals surface area (Å²) in [5.74, 6) is -0.248. The molecule has 1 amide bonds. The maximum Gasteiger partial charge on any atom is 0.218 e. The third kappa shape index (κ3) is 3.74. The Labute approximate surface area is 79.0 Å². The van der Waals surface area contributed by atoms with Crippen molar-refractivity contribution in [3.05, 3.63) is 0 Å². The van der Waals surface area contributed by atoms with Gasteiger partial charge in [0.2, 0.25) is 5.91 Å². The topological polar surface area (TPSA) is 81.1 Å². The Hall–Kier alpha value is -0.610. The van der Waals surface area contributed by atoms with Crippen molar-refractivity contribution < 1.29 is 4.79 Å². The highest BCUT2D eigenvalue weighted by Crippen LogP contribution is 2.17. The van der Waals surface area contributed by atoms with E-state index in [-0.39, 0.29) is 11.9 Å². The van der Waals surface area contributed by atoms with E-state index in [0.717, 1.165) is 19.3 Å². The number of amides is 1. The van der Waals surface area contributed by atoms with Crippen LogP contribution in [0.15, 0.2) is 0 Å². The van der Waals surface area contributed by atoms with Gasteiger partial charge in [0.15, 0.2) is 0 Å². The van der Waals surface area contributed by atoms with Gasteiger partial charge in [-0.15, -0.1) is 0 Å². The number of hydrogen-bond acceptors (Lipinski definition) is 3. The molecule has 13 heavy (non-hydrogen) atoms. The van der Waals surface area contributed by atoms with E-state index >= 15 is 0 Å². The lowest BCUT2D eigenvalue weighted by Gasteiger charge is -2.17. The van der Waals surface area contributed by atoms with Crippen molar-refractivity contribution in [2.24, 2.45) is 11.5 Å². The summed E-state index contributed by atoms with van der Waals surface area (Å²) in [6.45, 7) is 1.98. The Morgan fingerprint density at radius 3 is 2.77 bits per heavy atom. The normalized spacial score (nSPS) is 30.3. The highest BCUT2D eigenvalue weighted by Gasteiger charge is 2.22. The van der Waals surface area contributed by atoms with Crippen molar-refractivity contribution in [2.75, 3.05) is 0 Å². The number of hydrogen-bond donors (Lipinski definition) is 3. The molecule has 5 N–H and O–H groups in total. The third-order valence-corrected chi connectivity index (χ3v) is 2.50. The fourth-order valence-corrected chi connectivity index (χ4v) is 1.93. The van der Waals surface area contributed by atoms with E-state index in [1.54, 1.807) is 0 Å². The van der Waals surface area contributed by atoms with Gasteiger partial charge in [0.05, 0.1) is 0 Å². The third-order valence-electron chi connectivity index (χ3n) is 2.50. The average Bonchev–Trinajstić information content (AvgIpc) is 2.33. The Kier molecular flexibility index (Phi) is 3.69. The molecule has 0 aliphatic heterocycles. The van der Waals surface area contributed by atoms with E-state index < -0.39 is 0 Å². The summed E-state index contributed by atoms with van der Waals surface area (Å²) in [4.78, 5) is 10.6. The Morgan fingerprint density at radius 2 is 2.31 bits per heavy atom. The minimum absolute atomic E-state index is 0.174. The van der Waals surface area contributed by atoms with Crippen molar-refractivity contribution in [1.82, 2.24) is 5.32 Å². The lowest BCUT2D eigenvalue weighted by molar-refractivity contribution is -0.118. The molecule has 1 fully saturated rings. The molecule has 0 aromatic carbocycles. The van der Waals surface area contributed by atoms with Crippen LogP contribution >= 0.6 is 0 Å². The van der Waals surface area contributed by atoms with Gasteiger partial charge in [-0.25, -0.2) is 0 Å². The first kappa shape index (κ1) is 10.5. The SMILES string of the molecule is CC(CC(N)=O)NC1CCC(N)C1. The van der Waals surface area contributed by atoms with Crippen LogP contribution in [0, 0.1) is 0 Å². The van der Waals surface area contributed by atoms with Gasteiger partial charge in [0.25, 0.3) is 0 Å². The summed E-state index contributed by atoms with van der Waals surface area (Å²) in [7, 11) is 0. The van der Waals surface area contributed by atoms with Crippen LogP contribution in [0.4, 0.5) is 0 Å². The number of carbonyl (C=O) groups is 1. The summed E-state index contributed by atoms with van der Waals surface area (Å²) in [5.41, 5.74) is 10.9. The maximum absolute atomic E-state index is 10.6. The summed E-state index contributed by atoms with van der Waals surface area (Å²) in [6.07, 6.45) is 3.63. The van der Waals surface area contributed by atoms with Gasteiger partial charge in [-0.2, -0.15) is 0 Å². The second-order valence-corrected chi connectivity index (χ2v) is 4.01. The lowest BCUT2D eigenvalue weighted by Crippen LogP contribution is -2.38. The number of nitrogens with one attached hydrogen (secondary N) is 1. The fraction of sp³-hybridized carbons (Fsp3) is 0.889. The second kappa shape index (κ2) is 4.58. The van der Waals surface area contributed by atoms with Crippen molar-refractivity contribution in [3.63, 3.8) is 0 Å². The molecule has 0 radical (unpaired) electrons. The van der Waals surface area contributed by atoms with Crippen LogP contribution in [0.3, 0.4) is 0 Å². The van der Waals surface area contributed by atoms with Gasteiger partial charge in [0.1, 0.15) is 0 Å². The second-order valence-electron chi connectivity index (χ2n) is 4.01. The first-order valence-corrected chi connectivity index (χ1v) is 4.88.